The smallest absolute Gasteiger partial charge is 0.243 e. The molecule has 0 spiro atoms. The van der Waals surface area contributed by atoms with Crippen LogP contribution in [0.25, 0.3) is 0 Å². The minimum atomic E-state index is -4.24. The van der Waals surface area contributed by atoms with E-state index in [0.29, 0.717) is 10.6 Å². The predicted molar refractivity (Wildman–Crippen MR) is 145 cm³/mol. The van der Waals surface area contributed by atoms with E-state index < -0.39 is 34.8 Å². The lowest BCUT2D eigenvalue weighted by Gasteiger charge is -2.22. The van der Waals surface area contributed by atoms with E-state index in [9.17, 15) is 22.4 Å². The largest absolute Gasteiger partial charge is 0.324 e. The number of anilines is 1. The van der Waals surface area contributed by atoms with Crippen LogP contribution in [0, 0.1) is 5.82 Å². The Morgan fingerprint density at radius 1 is 0.816 bits per heavy atom. The summed E-state index contributed by atoms with van der Waals surface area (Å²) < 4.78 is 42.2. The molecular weight excluding hydrogens is 550 g/mol. The molecule has 0 bridgehead atoms. The fourth-order valence-electron chi connectivity index (χ4n) is 3.71. The monoisotopic (exact) mass is 570 g/mol. The molecule has 0 heterocycles. The van der Waals surface area contributed by atoms with E-state index in [0.717, 1.165) is 4.31 Å². The average molecular weight is 571 g/mol. The molecule has 0 atom stereocenters. The van der Waals surface area contributed by atoms with Gasteiger partial charge in [0.1, 0.15) is 5.82 Å². The standard InChI is InChI=1S/C28H21Cl2FN2O4S/c29-21-10-13-23(14-11-21)38(36,37)33(17-20-8-4-5-9-25(20)31)18-27(34)32-26-15-12-22(30)16-24(26)28(35)19-6-2-1-3-7-19/h1-16H,17-18H2,(H,32,34). The minimum absolute atomic E-state index is 0.0873. The fourth-order valence-corrected chi connectivity index (χ4v) is 5.38. The molecule has 0 fully saturated rings. The van der Waals surface area contributed by atoms with Gasteiger partial charge in [-0.15, -0.1) is 0 Å². The molecule has 0 saturated carbocycles. The molecule has 1 N–H and O–H groups in total. The second kappa shape index (κ2) is 11.9. The van der Waals surface area contributed by atoms with Gasteiger partial charge >= 0.3 is 0 Å². The average Bonchev–Trinajstić information content (AvgIpc) is 2.91. The first kappa shape index (κ1) is 27.5. The summed E-state index contributed by atoms with van der Waals surface area (Å²) in [6, 6.07) is 23.9. The predicted octanol–water partition coefficient (Wildman–Crippen LogP) is 6.19. The molecule has 0 unspecified atom stereocenters. The fraction of sp³-hybridized carbons (Fsp3) is 0.0714. The summed E-state index contributed by atoms with van der Waals surface area (Å²) >= 11 is 12.0. The van der Waals surface area contributed by atoms with E-state index in [1.165, 1.54) is 60.7 Å². The second-order valence-corrected chi connectivity index (χ2v) is 11.1. The van der Waals surface area contributed by atoms with Crippen molar-refractivity contribution in [3.05, 3.63) is 130 Å². The van der Waals surface area contributed by atoms with Gasteiger partial charge in [-0.3, -0.25) is 9.59 Å². The molecule has 6 nitrogen and oxygen atoms in total. The highest BCUT2D eigenvalue weighted by molar-refractivity contribution is 7.89. The Hall–Kier alpha value is -3.56. The maximum atomic E-state index is 14.4. The van der Waals surface area contributed by atoms with Crippen molar-refractivity contribution in [2.45, 2.75) is 11.4 Å². The zero-order valence-corrected chi connectivity index (χ0v) is 22.1. The van der Waals surface area contributed by atoms with Gasteiger partial charge in [0, 0.05) is 33.3 Å². The Morgan fingerprint density at radius 2 is 1.45 bits per heavy atom. The normalized spacial score (nSPS) is 11.4. The van der Waals surface area contributed by atoms with E-state index in [1.54, 1.807) is 36.4 Å². The van der Waals surface area contributed by atoms with E-state index in [2.05, 4.69) is 5.32 Å². The van der Waals surface area contributed by atoms with E-state index >= 15 is 0 Å². The van der Waals surface area contributed by atoms with Gasteiger partial charge < -0.3 is 5.32 Å². The molecule has 38 heavy (non-hydrogen) atoms. The number of amides is 1. The van der Waals surface area contributed by atoms with Gasteiger partial charge in [-0.25, -0.2) is 12.8 Å². The molecule has 194 valence electrons. The first-order chi connectivity index (χ1) is 18.1. The van der Waals surface area contributed by atoms with Crippen LogP contribution in [-0.4, -0.2) is 31.0 Å². The number of hydrogen-bond donors (Lipinski definition) is 1. The number of nitrogens with one attached hydrogen (secondary N) is 1. The van der Waals surface area contributed by atoms with Crippen LogP contribution in [0.5, 0.6) is 0 Å². The number of benzene rings is 4. The summed E-state index contributed by atoms with van der Waals surface area (Å²) in [6.45, 7) is -1.05. The van der Waals surface area contributed by atoms with E-state index in [-0.39, 0.29) is 32.5 Å². The molecule has 0 aliphatic carbocycles. The van der Waals surface area contributed by atoms with Crippen LogP contribution in [-0.2, 0) is 21.4 Å². The van der Waals surface area contributed by atoms with Crippen molar-refractivity contribution in [3.63, 3.8) is 0 Å². The van der Waals surface area contributed by atoms with Crippen molar-refractivity contribution in [2.75, 3.05) is 11.9 Å². The van der Waals surface area contributed by atoms with Crippen molar-refractivity contribution >= 4 is 50.6 Å². The van der Waals surface area contributed by atoms with Crippen LogP contribution < -0.4 is 5.32 Å². The molecule has 4 aromatic carbocycles. The highest BCUT2D eigenvalue weighted by atomic mass is 35.5. The third kappa shape index (κ3) is 6.46. The maximum Gasteiger partial charge on any atom is 0.243 e. The van der Waals surface area contributed by atoms with Crippen LogP contribution >= 0.6 is 23.2 Å². The summed E-state index contributed by atoms with van der Waals surface area (Å²) in [5, 5.41) is 3.23. The lowest BCUT2D eigenvalue weighted by Crippen LogP contribution is -2.38. The lowest BCUT2D eigenvalue weighted by molar-refractivity contribution is -0.116. The van der Waals surface area contributed by atoms with Crippen molar-refractivity contribution in [3.8, 4) is 0 Å². The summed E-state index contributed by atoms with van der Waals surface area (Å²) in [4.78, 5) is 26.1. The first-order valence-electron chi connectivity index (χ1n) is 11.3. The summed E-state index contributed by atoms with van der Waals surface area (Å²) in [5.74, 6) is -1.72. The number of sulfonamides is 1. The van der Waals surface area contributed by atoms with Gasteiger partial charge in [0.25, 0.3) is 0 Å². The van der Waals surface area contributed by atoms with Crippen molar-refractivity contribution in [1.82, 2.24) is 4.31 Å². The van der Waals surface area contributed by atoms with Crippen LogP contribution in [0.2, 0.25) is 10.0 Å². The van der Waals surface area contributed by atoms with Crippen molar-refractivity contribution < 1.29 is 22.4 Å². The van der Waals surface area contributed by atoms with Gasteiger partial charge in [-0.05, 0) is 48.5 Å². The Balaban J connectivity index is 1.64. The maximum absolute atomic E-state index is 14.4. The minimum Gasteiger partial charge on any atom is -0.324 e. The molecule has 1 amide bonds. The van der Waals surface area contributed by atoms with E-state index in [1.807, 2.05) is 0 Å². The molecule has 0 aliphatic rings. The number of carbonyl (C=O) groups excluding carboxylic acids is 2. The number of ketones is 1. The highest BCUT2D eigenvalue weighted by Crippen LogP contribution is 2.25. The number of hydrogen-bond acceptors (Lipinski definition) is 4. The lowest BCUT2D eigenvalue weighted by atomic mass is 10.0. The van der Waals surface area contributed by atoms with Crippen molar-refractivity contribution in [2.24, 2.45) is 0 Å². The van der Waals surface area contributed by atoms with Crippen LogP contribution in [0.1, 0.15) is 21.5 Å². The van der Waals surface area contributed by atoms with Gasteiger partial charge in [0.05, 0.1) is 17.1 Å². The van der Waals surface area contributed by atoms with Crippen LogP contribution in [0.15, 0.2) is 102 Å². The second-order valence-electron chi connectivity index (χ2n) is 8.25. The first-order valence-corrected chi connectivity index (χ1v) is 13.5. The zero-order chi connectivity index (χ0) is 27.3. The molecule has 0 aromatic heterocycles. The van der Waals surface area contributed by atoms with Gasteiger partial charge in [-0.2, -0.15) is 4.31 Å². The van der Waals surface area contributed by atoms with Gasteiger partial charge in [-0.1, -0.05) is 71.7 Å². The molecule has 10 heteroatoms. The summed E-state index contributed by atoms with van der Waals surface area (Å²) in [5.41, 5.74) is 0.766. The van der Waals surface area contributed by atoms with Gasteiger partial charge in [0.15, 0.2) is 5.78 Å². The SMILES string of the molecule is O=C(CN(Cc1ccccc1F)S(=O)(=O)c1ccc(Cl)cc1)Nc1ccc(Cl)cc1C(=O)c1ccccc1. The number of rotatable bonds is 9. The molecule has 4 rings (SSSR count). The van der Waals surface area contributed by atoms with E-state index in [4.69, 9.17) is 23.2 Å². The zero-order valence-electron chi connectivity index (χ0n) is 19.8. The topological polar surface area (TPSA) is 83.6 Å². The Morgan fingerprint density at radius 3 is 2.13 bits per heavy atom. The summed E-state index contributed by atoms with van der Waals surface area (Å²) in [6.07, 6.45) is 0. The quantitative estimate of drug-likeness (QED) is 0.243. The molecule has 0 radical (unpaired) electrons. The number of carbonyl (C=O) groups is 2. The number of halogens is 3. The highest BCUT2D eigenvalue weighted by Gasteiger charge is 2.28. The molecule has 4 aromatic rings. The molecule has 0 aliphatic heterocycles. The third-order valence-corrected chi connectivity index (χ3v) is 7.91. The Kier molecular flexibility index (Phi) is 8.58. The Bertz CT molecular complexity index is 1580. The van der Waals surface area contributed by atoms with Gasteiger partial charge in [0.2, 0.25) is 15.9 Å². The summed E-state index contributed by atoms with van der Waals surface area (Å²) in [7, 11) is -4.24. The Labute approximate surface area is 229 Å². The number of nitrogens with zero attached hydrogens (tertiary/aromatic N) is 1. The molecular formula is C28H21Cl2FN2O4S. The molecule has 0 saturated heterocycles. The van der Waals surface area contributed by atoms with Crippen LogP contribution in [0.3, 0.4) is 0 Å². The van der Waals surface area contributed by atoms with Crippen LogP contribution in [0.4, 0.5) is 10.1 Å². The van der Waals surface area contributed by atoms with Crippen molar-refractivity contribution in [1.29, 1.82) is 0 Å². The third-order valence-electron chi connectivity index (χ3n) is 5.61.